The molecule has 1 fully saturated rings. The molecule has 1 aliphatic heterocycles. The Balaban J connectivity index is 1.81. The number of alkyl halides is 3. The Hall–Kier alpha value is -2.21. The molecule has 0 amide bonds. The standard InChI is InChI=1S/C14H12F3N5S/c15-14(16,17)11-8-23-13(21-11)9-2-1-5-22(7-9)12-10(6-18)19-3-4-20-12/h3-4,8-9H,1-2,5,7H2/t9-/m0/s1. The first-order valence-electron chi connectivity index (χ1n) is 6.97. The molecule has 5 nitrogen and oxygen atoms in total. The second-order valence-electron chi connectivity index (χ2n) is 5.19. The van der Waals surface area contributed by atoms with Gasteiger partial charge in [-0.15, -0.1) is 11.3 Å². The van der Waals surface area contributed by atoms with E-state index in [0.717, 1.165) is 29.6 Å². The molecule has 2 aromatic rings. The third-order valence-corrected chi connectivity index (χ3v) is 4.67. The Morgan fingerprint density at radius 2 is 2.09 bits per heavy atom. The molecule has 0 unspecified atom stereocenters. The lowest BCUT2D eigenvalue weighted by Crippen LogP contribution is -2.35. The zero-order valence-corrected chi connectivity index (χ0v) is 12.7. The van der Waals surface area contributed by atoms with E-state index in [2.05, 4.69) is 15.0 Å². The second-order valence-corrected chi connectivity index (χ2v) is 6.08. The van der Waals surface area contributed by atoms with Crippen LogP contribution in [0, 0.1) is 11.3 Å². The van der Waals surface area contributed by atoms with Crippen LogP contribution in [-0.2, 0) is 6.18 Å². The number of aromatic nitrogens is 3. The fourth-order valence-electron chi connectivity index (χ4n) is 2.62. The highest BCUT2D eigenvalue weighted by Gasteiger charge is 2.35. The fraction of sp³-hybridized carbons (Fsp3) is 0.429. The molecule has 120 valence electrons. The third kappa shape index (κ3) is 3.27. The van der Waals surface area contributed by atoms with E-state index in [0.29, 0.717) is 23.9 Å². The zero-order chi connectivity index (χ0) is 16.4. The summed E-state index contributed by atoms with van der Waals surface area (Å²) in [6.07, 6.45) is 0.101. The average molecular weight is 339 g/mol. The second kappa shape index (κ2) is 6.12. The van der Waals surface area contributed by atoms with Crippen molar-refractivity contribution >= 4 is 17.2 Å². The molecule has 23 heavy (non-hydrogen) atoms. The van der Waals surface area contributed by atoms with Gasteiger partial charge in [0.05, 0.1) is 5.01 Å². The van der Waals surface area contributed by atoms with Gasteiger partial charge < -0.3 is 4.90 Å². The van der Waals surface area contributed by atoms with Crippen LogP contribution in [0.4, 0.5) is 19.0 Å². The van der Waals surface area contributed by atoms with E-state index < -0.39 is 11.9 Å². The van der Waals surface area contributed by atoms with E-state index >= 15 is 0 Å². The Morgan fingerprint density at radius 1 is 1.30 bits per heavy atom. The van der Waals surface area contributed by atoms with Gasteiger partial charge in [0, 0.05) is 36.8 Å². The van der Waals surface area contributed by atoms with E-state index in [-0.39, 0.29) is 11.6 Å². The number of hydrogen-bond donors (Lipinski definition) is 0. The number of piperidine rings is 1. The maximum atomic E-state index is 12.7. The van der Waals surface area contributed by atoms with Crippen molar-refractivity contribution in [2.45, 2.75) is 24.9 Å². The van der Waals surface area contributed by atoms with Crippen LogP contribution in [0.3, 0.4) is 0 Å². The molecule has 0 radical (unpaired) electrons. The molecule has 3 heterocycles. The van der Waals surface area contributed by atoms with E-state index in [9.17, 15) is 13.2 Å². The Morgan fingerprint density at radius 3 is 2.78 bits per heavy atom. The molecule has 1 saturated heterocycles. The summed E-state index contributed by atoms with van der Waals surface area (Å²) in [5.74, 6) is 0.380. The zero-order valence-electron chi connectivity index (χ0n) is 11.9. The highest BCUT2D eigenvalue weighted by Crippen LogP contribution is 2.35. The Labute approximate surface area is 134 Å². The van der Waals surface area contributed by atoms with Gasteiger partial charge in [-0.25, -0.2) is 15.0 Å². The number of halogens is 3. The molecule has 0 spiro atoms. The van der Waals surface area contributed by atoms with Crippen LogP contribution in [0.1, 0.15) is 35.2 Å². The molecule has 0 N–H and O–H groups in total. The van der Waals surface area contributed by atoms with Crippen molar-refractivity contribution in [3.8, 4) is 6.07 Å². The average Bonchev–Trinajstić information content (AvgIpc) is 3.05. The molecule has 0 aliphatic carbocycles. The van der Waals surface area contributed by atoms with Gasteiger partial charge in [0.15, 0.2) is 17.2 Å². The van der Waals surface area contributed by atoms with Crippen molar-refractivity contribution in [2.75, 3.05) is 18.0 Å². The lowest BCUT2D eigenvalue weighted by atomic mass is 9.98. The monoisotopic (exact) mass is 339 g/mol. The summed E-state index contributed by atoms with van der Waals surface area (Å²) in [5, 5.41) is 10.6. The molecular formula is C14H12F3N5S. The summed E-state index contributed by atoms with van der Waals surface area (Å²) in [5.41, 5.74) is -0.616. The third-order valence-electron chi connectivity index (χ3n) is 3.67. The topological polar surface area (TPSA) is 65.7 Å². The molecule has 3 rings (SSSR count). The SMILES string of the molecule is N#Cc1nccnc1N1CCC[C@H](c2nc(C(F)(F)F)cs2)C1. The summed E-state index contributed by atoms with van der Waals surface area (Å²) in [6, 6.07) is 1.99. The van der Waals surface area contributed by atoms with Crippen LogP contribution in [0.25, 0.3) is 0 Å². The van der Waals surface area contributed by atoms with E-state index in [1.54, 1.807) is 0 Å². The smallest absolute Gasteiger partial charge is 0.354 e. The van der Waals surface area contributed by atoms with Gasteiger partial charge in [-0.05, 0) is 12.8 Å². The molecule has 2 aromatic heterocycles. The van der Waals surface area contributed by atoms with Crippen LogP contribution in [0.5, 0.6) is 0 Å². The normalized spacial score (nSPS) is 18.7. The van der Waals surface area contributed by atoms with Gasteiger partial charge in [0.25, 0.3) is 0 Å². The number of thiazole rings is 1. The predicted molar refractivity (Wildman–Crippen MR) is 78.1 cm³/mol. The number of nitrogens with zero attached hydrogens (tertiary/aromatic N) is 5. The molecule has 9 heteroatoms. The van der Waals surface area contributed by atoms with Crippen LogP contribution in [0.15, 0.2) is 17.8 Å². The fourth-order valence-corrected chi connectivity index (χ4v) is 3.57. The minimum atomic E-state index is -4.41. The largest absolute Gasteiger partial charge is 0.434 e. The first-order chi connectivity index (χ1) is 11.0. The maximum absolute atomic E-state index is 12.7. The van der Waals surface area contributed by atoms with Crippen molar-refractivity contribution < 1.29 is 13.2 Å². The van der Waals surface area contributed by atoms with Gasteiger partial charge in [0.2, 0.25) is 0 Å². The van der Waals surface area contributed by atoms with Gasteiger partial charge >= 0.3 is 6.18 Å². The molecule has 0 saturated carbocycles. The van der Waals surface area contributed by atoms with Crippen LogP contribution in [0.2, 0.25) is 0 Å². The minimum absolute atomic E-state index is 0.0987. The number of hydrogen-bond acceptors (Lipinski definition) is 6. The lowest BCUT2D eigenvalue weighted by molar-refractivity contribution is -0.140. The first-order valence-corrected chi connectivity index (χ1v) is 7.85. The van der Waals surface area contributed by atoms with E-state index in [4.69, 9.17) is 5.26 Å². The summed E-state index contributed by atoms with van der Waals surface area (Å²) in [4.78, 5) is 13.8. The summed E-state index contributed by atoms with van der Waals surface area (Å²) in [6.45, 7) is 1.18. The van der Waals surface area contributed by atoms with Gasteiger partial charge in [0.1, 0.15) is 6.07 Å². The minimum Gasteiger partial charge on any atom is -0.354 e. The summed E-state index contributed by atoms with van der Waals surface area (Å²) in [7, 11) is 0. The Kier molecular flexibility index (Phi) is 4.17. The first kappa shape index (κ1) is 15.7. The van der Waals surface area contributed by atoms with Crippen molar-refractivity contribution in [2.24, 2.45) is 0 Å². The molecule has 1 aliphatic rings. The number of anilines is 1. The highest BCUT2D eigenvalue weighted by molar-refractivity contribution is 7.09. The summed E-state index contributed by atoms with van der Waals surface area (Å²) < 4.78 is 38.1. The molecule has 0 aromatic carbocycles. The summed E-state index contributed by atoms with van der Waals surface area (Å²) >= 11 is 1.03. The van der Waals surface area contributed by atoms with Crippen molar-refractivity contribution in [3.63, 3.8) is 0 Å². The van der Waals surface area contributed by atoms with Crippen LogP contribution < -0.4 is 4.90 Å². The lowest BCUT2D eigenvalue weighted by Gasteiger charge is -2.32. The van der Waals surface area contributed by atoms with Gasteiger partial charge in [-0.2, -0.15) is 18.4 Å². The van der Waals surface area contributed by atoms with Crippen LogP contribution in [-0.4, -0.2) is 28.0 Å². The van der Waals surface area contributed by atoms with Gasteiger partial charge in [-0.1, -0.05) is 0 Å². The predicted octanol–water partition coefficient (Wildman–Crippen LogP) is 3.21. The van der Waals surface area contributed by atoms with Gasteiger partial charge in [-0.3, -0.25) is 0 Å². The maximum Gasteiger partial charge on any atom is 0.434 e. The van der Waals surface area contributed by atoms with Crippen molar-refractivity contribution in [3.05, 3.63) is 34.2 Å². The quantitative estimate of drug-likeness (QED) is 0.840. The van der Waals surface area contributed by atoms with Crippen LogP contribution >= 0.6 is 11.3 Å². The van der Waals surface area contributed by atoms with Crippen molar-refractivity contribution in [1.29, 1.82) is 5.26 Å². The Bertz CT molecular complexity index is 736. The number of nitriles is 1. The molecular weight excluding hydrogens is 327 g/mol. The highest BCUT2D eigenvalue weighted by atomic mass is 32.1. The van der Waals surface area contributed by atoms with E-state index in [1.165, 1.54) is 12.4 Å². The van der Waals surface area contributed by atoms with E-state index in [1.807, 2.05) is 11.0 Å². The van der Waals surface area contributed by atoms with Crippen molar-refractivity contribution in [1.82, 2.24) is 15.0 Å². The molecule has 1 atom stereocenters. The number of rotatable bonds is 2. The molecule has 0 bridgehead atoms.